The molecule has 2 aromatic rings. The van der Waals surface area contributed by atoms with Gasteiger partial charge in [0.1, 0.15) is 0 Å². The van der Waals surface area contributed by atoms with Crippen LogP contribution in [-0.4, -0.2) is 41.0 Å². The highest BCUT2D eigenvalue weighted by Crippen LogP contribution is 2.19. The SMILES string of the molecule is CNCC1CCN(Cc2cn3ccsc3n2)CC1. The molecule has 0 bridgehead atoms. The van der Waals surface area contributed by atoms with Gasteiger partial charge in [0.05, 0.1) is 5.69 Å². The fraction of sp³-hybridized carbons (Fsp3) is 0.615. The number of likely N-dealkylation sites (tertiary alicyclic amines) is 1. The van der Waals surface area contributed by atoms with Crippen molar-refractivity contribution in [3.05, 3.63) is 23.5 Å². The number of thiazole rings is 1. The molecule has 0 aliphatic carbocycles. The summed E-state index contributed by atoms with van der Waals surface area (Å²) >= 11 is 1.70. The van der Waals surface area contributed by atoms with Crippen LogP contribution in [0.3, 0.4) is 0 Å². The number of nitrogens with zero attached hydrogens (tertiary/aromatic N) is 3. The van der Waals surface area contributed by atoms with Crippen molar-refractivity contribution in [2.75, 3.05) is 26.7 Å². The van der Waals surface area contributed by atoms with E-state index in [0.29, 0.717) is 0 Å². The summed E-state index contributed by atoms with van der Waals surface area (Å²) in [5, 5.41) is 5.36. The molecular weight excluding hydrogens is 244 g/mol. The van der Waals surface area contributed by atoms with Crippen molar-refractivity contribution in [1.82, 2.24) is 19.6 Å². The number of rotatable bonds is 4. The monoisotopic (exact) mass is 264 g/mol. The Kier molecular flexibility index (Phi) is 3.63. The van der Waals surface area contributed by atoms with Crippen LogP contribution in [0, 0.1) is 5.92 Å². The topological polar surface area (TPSA) is 32.6 Å². The summed E-state index contributed by atoms with van der Waals surface area (Å²) in [6.07, 6.45) is 6.85. The first-order chi connectivity index (χ1) is 8.85. The summed E-state index contributed by atoms with van der Waals surface area (Å²) in [7, 11) is 2.05. The van der Waals surface area contributed by atoms with Crippen LogP contribution in [0.15, 0.2) is 17.8 Å². The van der Waals surface area contributed by atoms with E-state index in [2.05, 4.69) is 37.4 Å². The van der Waals surface area contributed by atoms with Crippen molar-refractivity contribution in [3.63, 3.8) is 0 Å². The molecule has 0 radical (unpaired) electrons. The van der Waals surface area contributed by atoms with Crippen LogP contribution in [0.1, 0.15) is 18.5 Å². The first-order valence-corrected chi connectivity index (χ1v) is 7.51. The van der Waals surface area contributed by atoms with Crippen LogP contribution in [0.25, 0.3) is 4.96 Å². The van der Waals surface area contributed by atoms with Crippen LogP contribution < -0.4 is 5.32 Å². The fourth-order valence-electron chi connectivity index (χ4n) is 2.72. The van der Waals surface area contributed by atoms with Gasteiger partial charge in [-0.15, -0.1) is 11.3 Å². The molecule has 98 valence electrons. The molecule has 18 heavy (non-hydrogen) atoms. The second-order valence-electron chi connectivity index (χ2n) is 5.10. The molecule has 0 spiro atoms. The minimum Gasteiger partial charge on any atom is -0.319 e. The summed E-state index contributed by atoms with van der Waals surface area (Å²) in [5.41, 5.74) is 1.20. The molecule has 1 aliphatic heterocycles. The van der Waals surface area contributed by atoms with Gasteiger partial charge in [0.2, 0.25) is 0 Å². The van der Waals surface area contributed by atoms with Gasteiger partial charge in [0.15, 0.2) is 4.96 Å². The van der Waals surface area contributed by atoms with Crippen molar-refractivity contribution in [3.8, 4) is 0 Å². The lowest BCUT2D eigenvalue weighted by atomic mass is 9.97. The third-order valence-corrected chi connectivity index (χ3v) is 4.50. The number of aromatic nitrogens is 2. The van der Waals surface area contributed by atoms with Gasteiger partial charge in [-0.2, -0.15) is 0 Å². The second-order valence-corrected chi connectivity index (χ2v) is 5.98. The highest BCUT2D eigenvalue weighted by atomic mass is 32.1. The second kappa shape index (κ2) is 5.38. The lowest BCUT2D eigenvalue weighted by molar-refractivity contribution is 0.175. The molecule has 0 unspecified atom stereocenters. The van der Waals surface area contributed by atoms with Gasteiger partial charge >= 0.3 is 0 Å². The summed E-state index contributed by atoms with van der Waals surface area (Å²) in [4.78, 5) is 8.28. The summed E-state index contributed by atoms with van der Waals surface area (Å²) < 4.78 is 2.12. The lowest BCUT2D eigenvalue weighted by Gasteiger charge is -2.31. The highest BCUT2D eigenvalue weighted by molar-refractivity contribution is 7.15. The molecule has 0 atom stereocenters. The maximum absolute atomic E-state index is 4.65. The number of hydrogen-bond acceptors (Lipinski definition) is 4. The zero-order valence-electron chi connectivity index (χ0n) is 10.8. The van der Waals surface area contributed by atoms with Crippen molar-refractivity contribution in [1.29, 1.82) is 0 Å². The molecule has 1 fully saturated rings. The smallest absolute Gasteiger partial charge is 0.193 e. The van der Waals surface area contributed by atoms with E-state index < -0.39 is 0 Å². The Morgan fingerprint density at radius 2 is 2.28 bits per heavy atom. The standard InChI is InChI=1S/C13H20N4S/c1-14-8-11-2-4-16(5-3-11)9-12-10-17-6-7-18-13(17)15-12/h6-7,10-11,14H,2-5,8-9H2,1H3. The van der Waals surface area contributed by atoms with E-state index in [1.54, 1.807) is 11.3 Å². The molecule has 3 heterocycles. The average molecular weight is 264 g/mol. The average Bonchev–Trinajstić information content (AvgIpc) is 2.92. The number of imidazole rings is 1. The molecule has 0 saturated carbocycles. The van der Waals surface area contributed by atoms with Crippen LogP contribution in [0.4, 0.5) is 0 Å². The van der Waals surface area contributed by atoms with E-state index in [4.69, 9.17) is 0 Å². The van der Waals surface area contributed by atoms with Crippen LogP contribution in [-0.2, 0) is 6.54 Å². The summed E-state index contributed by atoms with van der Waals surface area (Å²) in [5.74, 6) is 0.858. The van der Waals surface area contributed by atoms with E-state index >= 15 is 0 Å². The maximum atomic E-state index is 4.65. The molecule has 0 amide bonds. The molecule has 1 aliphatic rings. The Morgan fingerprint density at radius 3 is 3.00 bits per heavy atom. The van der Waals surface area contributed by atoms with E-state index in [0.717, 1.165) is 24.0 Å². The van der Waals surface area contributed by atoms with E-state index in [1.807, 2.05) is 7.05 Å². The predicted octanol–water partition coefficient (Wildman–Crippen LogP) is 1.83. The quantitative estimate of drug-likeness (QED) is 0.914. The van der Waals surface area contributed by atoms with Gasteiger partial charge in [-0.25, -0.2) is 4.98 Å². The Balaban J connectivity index is 1.56. The van der Waals surface area contributed by atoms with E-state index in [1.165, 1.54) is 31.6 Å². The van der Waals surface area contributed by atoms with Crippen LogP contribution in [0.5, 0.6) is 0 Å². The van der Waals surface area contributed by atoms with Crippen molar-refractivity contribution in [2.24, 2.45) is 5.92 Å². The van der Waals surface area contributed by atoms with Crippen molar-refractivity contribution >= 4 is 16.3 Å². The highest BCUT2D eigenvalue weighted by Gasteiger charge is 2.19. The number of fused-ring (bicyclic) bond motifs is 1. The molecule has 3 rings (SSSR count). The molecule has 1 saturated heterocycles. The molecule has 5 heteroatoms. The first kappa shape index (κ1) is 12.1. The molecule has 2 aromatic heterocycles. The van der Waals surface area contributed by atoms with Gasteiger partial charge in [0.25, 0.3) is 0 Å². The molecule has 4 nitrogen and oxygen atoms in total. The van der Waals surface area contributed by atoms with Gasteiger partial charge < -0.3 is 5.32 Å². The molecule has 0 aromatic carbocycles. The Labute approximate surface area is 112 Å². The first-order valence-electron chi connectivity index (χ1n) is 6.63. The fourth-order valence-corrected chi connectivity index (χ4v) is 3.44. The Morgan fingerprint density at radius 1 is 1.44 bits per heavy atom. The minimum absolute atomic E-state index is 0.858. The number of nitrogens with one attached hydrogen (secondary N) is 1. The minimum atomic E-state index is 0.858. The van der Waals surface area contributed by atoms with Gasteiger partial charge in [-0.05, 0) is 45.4 Å². The van der Waals surface area contributed by atoms with Crippen LogP contribution in [0.2, 0.25) is 0 Å². The van der Waals surface area contributed by atoms with E-state index in [9.17, 15) is 0 Å². The van der Waals surface area contributed by atoms with Crippen molar-refractivity contribution < 1.29 is 0 Å². The Hall–Kier alpha value is -0.910. The van der Waals surface area contributed by atoms with E-state index in [-0.39, 0.29) is 0 Å². The summed E-state index contributed by atoms with van der Waals surface area (Å²) in [6, 6.07) is 0. The maximum Gasteiger partial charge on any atom is 0.193 e. The third-order valence-electron chi connectivity index (χ3n) is 3.73. The van der Waals surface area contributed by atoms with Gasteiger partial charge in [0, 0.05) is 24.3 Å². The zero-order valence-corrected chi connectivity index (χ0v) is 11.6. The van der Waals surface area contributed by atoms with Gasteiger partial charge in [-0.1, -0.05) is 0 Å². The van der Waals surface area contributed by atoms with Gasteiger partial charge in [-0.3, -0.25) is 9.30 Å². The molecular formula is C13H20N4S. The predicted molar refractivity (Wildman–Crippen MR) is 75.0 cm³/mol. The lowest BCUT2D eigenvalue weighted by Crippen LogP contribution is -2.36. The third kappa shape index (κ3) is 2.58. The number of piperidine rings is 1. The Bertz CT molecular complexity index is 467. The largest absolute Gasteiger partial charge is 0.319 e. The zero-order chi connectivity index (χ0) is 12.4. The normalized spacial score (nSPS) is 18.7. The number of hydrogen-bond donors (Lipinski definition) is 1. The molecule has 1 N–H and O–H groups in total. The summed E-state index contributed by atoms with van der Waals surface area (Å²) in [6.45, 7) is 4.57. The van der Waals surface area contributed by atoms with Crippen molar-refractivity contribution in [2.45, 2.75) is 19.4 Å². The van der Waals surface area contributed by atoms with Crippen LogP contribution >= 0.6 is 11.3 Å².